The van der Waals surface area contributed by atoms with Gasteiger partial charge in [0.05, 0.1) is 6.61 Å². The molecule has 0 spiro atoms. The third-order valence-corrected chi connectivity index (χ3v) is 4.02. The van der Waals surface area contributed by atoms with Gasteiger partial charge < -0.3 is 20.3 Å². The summed E-state index contributed by atoms with van der Waals surface area (Å²) in [5, 5.41) is 5.98. The average molecular weight is 318 g/mol. The monoisotopic (exact) mass is 318 g/mol. The minimum absolute atomic E-state index is 0.0705. The minimum Gasteiger partial charge on any atom is -0.381 e. The summed E-state index contributed by atoms with van der Waals surface area (Å²) in [6.07, 6.45) is 1.11. The van der Waals surface area contributed by atoms with Crippen molar-refractivity contribution >= 4 is 11.9 Å². The van der Waals surface area contributed by atoms with Crippen molar-refractivity contribution in [1.29, 1.82) is 0 Å². The van der Waals surface area contributed by atoms with Crippen molar-refractivity contribution in [1.82, 2.24) is 15.5 Å². The third kappa shape index (κ3) is 4.96. The molecule has 0 aromatic heterocycles. The van der Waals surface area contributed by atoms with Crippen LogP contribution in [0, 0.1) is 5.92 Å². The number of nitrogens with zero attached hydrogens (tertiary/aromatic N) is 2. The van der Waals surface area contributed by atoms with Crippen LogP contribution in [0.15, 0.2) is 29.3 Å². The Hall–Kier alpha value is -2.08. The number of hydrogen-bond acceptors (Lipinski definition) is 3. The summed E-state index contributed by atoms with van der Waals surface area (Å²) < 4.78 is 5.42. The van der Waals surface area contributed by atoms with E-state index in [0.717, 1.165) is 37.7 Å². The van der Waals surface area contributed by atoms with E-state index in [1.54, 1.807) is 14.1 Å². The van der Waals surface area contributed by atoms with Gasteiger partial charge in [-0.2, -0.15) is 0 Å². The lowest BCUT2D eigenvalue weighted by molar-refractivity contribution is 0.0963. The van der Waals surface area contributed by atoms with E-state index in [2.05, 4.69) is 20.5 Å². The molecule has 1 aromatic carbocycles. The standard InChI is InChI=1S/C17H26N4O2/c1-18-16(22)15-6-4-13(5-7-15)10-20-17(19-2)21(3)11-14-8-9-23-12-14/h4-7,14H,8-12H2,1-3H3,(H,18,22)(H,19,20). The molecule has 6 heteroatoms. The number of guanidine groups is 1. The number of hydrogen-bond donors (Lipinski definition) is 2. The Morgan fingerprint density at radius 3 is 2.70 bits per heavy atom. The van der Waals surface area contributed by atoms with Crippen LogP contribution in [0.3, 0.4) is 0 Å². The van der Waals surface area contributed by atoms with Gasteiger partial charge >= 0.3 is 0 Å². The molecule has 126 valence electrons. The number of aliphatic imine (C=N–C) groups is 1. The fourth-order valence-electron chi connectivity index (χ4n) is 2.69. The molecule has 1 saturated heterocycles. The Morgan fingerprint density at radius 1 is 1.39 bits per heavy atom. The molecule has 0 saturated carbocycles. The van der Waals surface area contributed by atoms with Crippen molar-refractivity contribution in [3.05, 3.63) is 35.4 Å². The van der Waals surface area contributed by atoms with E-state index in [9.17, 15) is 4.79 Å². The normalized spacial score (nSPS) is 17.9. The SMILES string of the molecule is CN=C(NCc1ccc(C(=O)NC)cc1)N(C)CC1CCOC1. The first kappa shape index (κ1) is 17.3. The average Bonchev–Trinajstić information content (AvgIpc) is 3.08. The fourth-order valence-corrected chi connectivity index (χ4v) is 2.69. The molecule has 1 amide bonds. The van der Waals surface area contributed by atoms with Crippen molar-refractivity contribution in [2.45, 2.75) is 13.0 Å². The minimum atomic E-state index is -0.0705. The van der Waals surface area contributed by atoms with Crippen LogP contribution in [0.2, 0.25) is 0 Å². The molecule has 1 atom stereocenters. The molecule has 0 aliphatic carbocycles. The van der Waals surface area contributed by atoms with Gasteiger partial charge in [-0.3, -0.25) is 9.79 Å². The van der Waals surface area contributed by atoms with Gasteiger partial charge in [-0.25, -0.2) is 0 Å². The maximum absolute atomic E-state index is 11.5. The zero-order chi connectivity index (χ0) is 16.7. The molecule has 2 rings (SSSR count). The summed E-state index contributed by atoms with van der Waals surface area (Å²) >= 11 is 0. The van der Waals surface area contributed by atoms with Crippen LogP contribution in [0.4, 0.5) is 0 Å². The highest BCUT2D eigenvalue weighted by Gasteiger charge is 2.18. The van der Waals surface area contributed by atoms with Crippen LogP contribution in [-0.2, 0) is 11.3 Å². The molecular weight excluding hydrogens is 292 g/mol. The Morgan fingerprint density at radius 2 is 2.13 bits per heavy atom. The predicted octanol–water partition coefficient (Wildman–Crippen LogP) is 1.09. The van der Waals surface area contributed by atoms with E-state index in [4.69, 9.17) is 4.74 Å². The van der Waals surface area contributed by atoms with Crippen molar-refractivity contribution in [3.63, 3.8) is 0 Å². The van der Waals surface area contributed by atoms with Crippen LogP contribution in [0.5, 0.6) is 0 Å². The quantitative estimate of drug-likeness (QED) is 0.630. The zero-order valence-electron chi connectivity index (χ0n) is 14.1. The fraction of sp³-hybridized carbons (Fsp3) is 0.529. The van der Waals surface area contributed by atoms with Crippen LogP contribution in [0.1, 0.15) is 22.3 Å². The highest BCUT2D eigenvalue weighted by molar-refractivity contribution is 5.93. The predicted molar refractivity (Wildman–Crippen MR) is 91.6 cm³/mol. The maximum atomic E-state index is 11.5. The van der Waals surface area contributed by atoms with Crippen molar-refractivity contribution < 1.29 is 9.53 Å². The first-order chi connectivity index (χ1) is 11.1. The molecule has 2 N–H and O–H groups in total. The summed E-state index contributed by atoms with van der Waals surface area (Å²) in [5.74, 6) is 1.37. The maximum Gasteiger partial charge on any atom is 0.251 e. The Labute approximate surface area is 137 Å². The largest absolute Gasteiger partial charge is 0.381 e. The molecule has 0 radical (unpaired) electrons. The summed E-state index contributed by atoms with van der Waals surface area (Å²) in [4.78, 5) is 18.0. The number of rotatable bonds is 5. The van der Waals surface area contributed by atoms with Crippen molar-refractivity contribution in [3.8, 4) is 0 Å². The second kappa shape index (κ2) is 8.53. The van der Waals surface area contributed by atoms with E-state index in [-0.39, 0.29) is 5.91 Å². The Balaban J connectivity index is 1.86. The van der Waals surface area contributed by atoms with Gasteiger partial charge in [0.2, 0.25) is 0 Å². The van der Waals surface area contributed by atoms with E-state index in [1.807, 2.05) is 31.3 Å². The van der Waals surface area contributed by atoms with Gasteiger partial charge in [0, 0.05) is 52.3 Å². The molecule has 0 bridgehead atoms. The second-order valence-corrected chi connectivity index (χ2v) is 5.79. The molecule has 1 heterocycles. The van der Waals surface area contributed by atoms with Gasteiger partial charge in [-0.15, -0.1) is 0 Å². The lowest BCUT2D eigenvalue weighted by Crippen LogP contribution is -2.41. The van der Waals surface area contributed by atoms with E-state index < -0.39 is 0 Å². The topological polar surface area (TPSA) is 66.0 Å². The Kier molecular flexibility index (Phi) is 6.40. The lowest BCUT2D eigenvalue weighted by atomic mass is 10.1. The van der Waals surface area contributed by atoms with Gasteiger partial charge in [0.1, 0.15) is 0 Å². The Bertz CT molecular complexity index is 536. The van der Waals surface area contributed by atoms with Crippen LogP contribution in [-0.4, -0.2) is 57.7 Å². The molecule has 1 fully saturated rings. The number of amides is 1. The number of ether oxygens (including phenoxy) is 1. The van der Waals surface area contributed by atoms with Crippen LogP contribution in [0.25, 0.3) is 0 Å². The lowest BCUT2D eigenvalue weighted by Gasteiger charge is -2.24. The summed E-state index contributed by atoms with van der Waals surface area (Å²) in [6.45, 7) is 3.31. The first-order valence-electron chi connectivity index (χ1n) is 7.94. The molecule has 23 heavy (non-hydrogen) atoms. The van der Waals surface area contributed by atoms with E-state index in [1.165, 1.54) is 0 Å². The highest BCUT2D eigenvalue weighted by atomic mass is 16.5. The molecule has 1 aromatic rings. The molecule has 1 unspecified atom stereocenters. The van der Waals surface area contributed by atoms with Crippen molar-refractivity contribution in [2.75, 3.05) is 40.9 Å². The van der Waals surface area contributed by atoms with Gasteiger partial charge in [-0.05, 0) is 24.1 Å². The number of carbonyl (C=O) groups excluding carboxylic acids is 1. The van der Waals surface area contributed by atoms with Gasteiger partial charge in [0.15, 0.2) is 5.96 Å². The zero-order valence-corrected chi connectivity index (χ0v) is 14.1. The molecule has 1 aliphatic heterocycles. The van der Waals surface area contributed by atoms with E-state index in [0.29, 0.717) is 18.0 Å². The van der Waals surface area contributed by atoms with Gasteiger partial charge in [-0.1, -0.05) is 12.1 Å². The number of benzene rings is 1. The number of nitrogens with one attached hydrogen (secondary N) is 2. The van der Waals surface area contributed by atoms with Gasteiger partial charge in [0.25, 0.3) is 5.91 Å². The van der Waals surface area contributed by atoms with Crippen LogP contribution >= 0.6 is 0 Å². The molecule has 1 aliphatic rings. The molecule has 6 nitrogen and oxygen atoms in total. The summed E-state index contributed by atoms with van der Waals surface area (Å²) in [6, 6.07) is 7.57. The summed E-state index contributed by atoms with van der Waals surface area (Å²) in [7, 11) is 5.47. The highest BCUT2D eigenvalue weighted by Crippen LogP contribution is 2.13. The van der Waals surface area contributed by atoms with Crippen molar-refractivity contribution in [2.24, 2.45) is 10.9 Å². The second-order valence-electron chi connectivity index (χ2n) is 5.79. The summed E-state index contributed by atoms with van der Waals surface area (Å²) in [5.41, 5.74) is 1.77. The van der Waals surface area contributed by atoms with E-state index >= 15 is 0 Å². The van der Waals surface area contributed by atoms with Crippen LogP contribution < -0.4 is 10.6 Å². The molecular formula is C17H26N4O2. The number of carbonyl (C=O) groups is 1. The smallest absolute Gasteiger partial charge is 0.251 e. The first-order valence-corrected chi connectivity index (χ1v) is 7.94. The third-order valence-electron chi connectivity index (χ3n) is 4.02.